The maximum Gasteiger partial charge on any atom is 0.107 e. The van der Waals surface area contributed by atoms with Gasteiger partial charge in [-0.15, -0.1) is 0 Å². The van der Waals surface area contributed by atoms with Crippen LogP contribution in [0.15, 0.2) is 12.3 Å². The molecule has 3 heteroatoms. The Balaban J connectivity index is 2.21. The van der Waals surface area contributed by atoms with E-state index in [9.17, 15) is 5.11 Å². The van der Waals surface area contributed by atoms with Gasteiger partial charge in [-0.2, -0.15) is 0 Å². The summed E-state index contributed by atoms with van der Waals surface area (Å²) in [5.41, 5.74) is 1.54. The molecule has 0 aliphatic carbocycles. The molecule has 0 aromatic carbocycles. The van der Waals surface area contributed by atoms with Crippen molar-refractivity contribution in [2.24, 2.45) is 0 Å². The van der Waals surface area contributed by atoms with E-state index in [1.165, 1.54) is 0 Å². The van der Waals surface area contributed by atoms with Crippen LogP contribution in [0.5, 0.6) is 0 Å². The highest BCUT2D eigenvalue weighted by atomic mass is 16.3. The van der Waals surface area contributed by atoms with E-state index < -0.39 is 5.60 Å². The third kappa shape index (κ3) is 1.57. The van der Waals surface area contributed by atoms with Gasteiger partial charge in [0.15, 0.2) is 0 Å². The second-order valence-corrected chi connectivity index (χ2v) is 4.37. The lowest BCUT2D eigenvalue weighted by atomic mass is 9.87. The number of aromatic nitrogens is 1. The molecule has 0 saturated carbocycles. The quantitative estimate of drug-likeness (QED) is 0.706. The maximum absolute atomic E-state index is 10.5. The van der Waals surface area contributed by atoms with E-state index in [2.05, 4.69) is 16.9 Å². The minimum Gasteiger partial charge on any atom is -0.384 e. The fourth-order valence-electron chi connectivity index (χ4n) is 2.19. The Labute approximate surface area is 84.7 Å². The molecule has 0 spiro atoms. The molecule has 0 unspecified atom stereocenters. The zero-order valence-electron chi connectivity index (χ0n) is 8.88. The van der Waals surface area contributed by atoms with Gasteiger partial charge in [-0.25, -0.2) is 0 Å². The van der Waals surface area contributed by atoms with Gasteiger partial charge >= 0.3 is 0 Å². The van der Waals surface area contributed by atoms with Crippen molar-refractivity contribution in [2.75, 3.05) is 20.1 Å². The summed E-state index contributed by atoms with van der Waals surface area (Å²) in [5, 5.41) is 10.5. The van der Waals surface area contributed by atoms with Crippen molar-refractivity contribution in [1.82, 2.24) is 9.88 Å². The monoisotopic (exact) mass is 194 g/mol. The predicted molar refractivity (Wildman–Crippen MR) is 56.2 cm³/mol. The fourth-order valence-corrected chi connectivity index (χ4v) is 2.19. The molecule has 1 aliphatic heterocycles. The molecular weight excluding hydrogens is 176 g/mol. The molecule has 0 amide bonds. The molecule has 2 heterocycles. The van der Waals surface area contributed by atoms with E-state index in [0.29, 0.717) is 0 Å². The van der Waals surface area contributed by atoms with E-state index in [4.69, 9.17) is 0 Å². The topological polar surface area (TPSA) is 39.3 Å². The molecule has 0 atom stereocenters. The Bertz CT molecular complexity index is 311. The van der Waals surface area contributed by atoms with Crippen LogP contribution in [-0.2, 0) is 5.60 Å². The average Bonchev–Trinajstić information content (AvgIpc) is 2.58. The lowest BCUT2D eigenvalue weighted by Crippen LogP contribution is -2.41. The van der Waals surface area contributed by atoms with E-state index in [1.54, 1.807) is 0 Å². The van der Waals surface area contributed by atoms with Gasteiger partial charge in [0.2, 0.25) is 0 Å². The highest BCUT2D eigenvalue weighted by molar-refractivity contribution is 5.25. The molecule has 1 fully saturated rings. The Morgan fingerprint density at radius 3 is 2.57 bits per heavy atom. The molecule has 78 valence electrons. The molecular formula is C11H18N2O. The summed E-state index contributed by atoms with van der Waals surface area (Å²) in [7, 11) is 2.10. The number of hydrogen-bond acceptors (Lipinski definition) is 2. The second kappa shape index (κ2) is 3.41. The number of hydrogen-bond donors (Lipinski definition) is 2. The molecule has 3 nitrogen and oxygen atoms in total. The van der Waals surface area contributed by atoms with E-state index in [0.717, 1.165) is 37.2 Å². The minimum absolute atomic E-state index is 0.625. The van der Waals surface area contributed by atoms with Crippen LogP contribution in [0.3, 0.4) is 0 Å². The third-order valence-corrected chi connectivity index (χ3v) is 3.23. The highest BCUT2D eigenvalue weighted by Crippen LogP contribution is 2.32. The van der Waals surface area contributed by atoms with Gasteiger partial charge in [0.25, 0.3) is 0 Å². The van der Waals surface area contributed by atoms with Crippen LogP contribution in [-0.4, -0.2) is 35.1 Å². The summed E-state index contributed by atoms with van der Waals surface area (Å²) in [6.07, 6.45) is 3.55. The van der Waals surface area contributed by atoms with Crippen molar-refractivity contribution >= 4 is 0 Å². The van der Waals surface area contributed by atoms with Crippen molar-refractivity contribution in [3.63, 3.8) is 0 Å². The smallest absolute Gasteiger partial charge is 0.107 e. The summed E-state index contributed by atoms with van der Waals surface area (Å²) < 4.78 is 0. The van der Waals surface area contributed by atoms with Crippen LogP contribution in [0.25, 0.3) is 0 Å². The first-order valence-corrected chi connectivity index (χ1v) is 5.17. The average molecular weight is 194 g/mol. The Hall–Kier alpha value is -0.800. The Morgan fingerprint density at radius 2 is 2.07 bits per heavy atom. The Kier molecular flexibility index (Phi) is 2.37. The number of rotatable bonds is 1. The van der Waals surface area contributed by atoms with Crippen LogP contribution in [0, 0.1) is 6.92 Å². The van der Waals surface area contributed by atoms with E-state index in [1.807, 2.05) is 19.2 Å². The van der Waals surface area contributed by atoms with Crippen molar-refractivity contribution < 1.29 is 5.11 Å². The van der Waals surface area contributed by atoms with Crippen molar-refractivity contribution in [3.05, 3.63) is 23.5 Å². The molecule has 2 N–H and O–H groups in total. The van der Waals surface area contributed by atoms with Gasteiger partial charge in [-0.3, -0.25) is 0 Å². The van der Waals surface area contributed by atoms with Crippen LogP contribution in [0.2, 0.25) is 0 Å². The van der Waals surface area contributed by atoms with Crippen molar-refractivity contribution in [1.29, 1.82) is 0 Å². The number of aromatic amines is 1. The number of aryl methyl sites for hydroxylation is 1. The molecule has 0 bridgehead atoms. The lowest BCUT2D eigenvalue weighted by molar-refractivity contribution is -0.0239. The van der Waals surface area contributed by atoms with Crippen LogP contribution < -0.4 is 0 Å². The van der Waals surface area contributed by atoms with Gasteiger partial charge < -0.3 is 15.0 Å². The van der Waals surface area contributed by atoms with Gasteiger partial charge in [-0.05, 0) is 38.4 Å². The number of piperidine rings is 1. The minimum atomic E-state index is -0.625. The van der Waals surface area contributed by atoms with E-state index in [-0.39, 0.29) is 0 Å². The SMILES string of the molecule is Cc1cc[nH]c1C1(O)CCN(C)CC1. The fraction of sp³-hybridized carbons (Fsp3) is 0.636. The first-order valence-electron chi connectivity index (χ1n) is 5.17. The first-order chi connectivity index (χ1) is 6.62. The number of nitrogens with zero attached hydrogens (tertiary/aromatic N) is 1. The van der Waals surface area contributed by atoms with Crippen LogP contribution in [0.4, 0.5) is 0 Å². The summed E-state index contributed by atoms with van der Waals surface area (Å²) >= 11 is 0. The normalized spacial score (nSPS) is 22.5. The molecule has 1 aliphatic rings. The highest BCUT2D eigenvalue weighted by Gasteiger charge is 2.34. The predicted octanol–water partition coefficient (Wildman–Crippen LogP) is 1.24. The molecule has 2 rings (SSSR count). The molecule has 1 aromatic heterocycles. The van der Waals surface area contributed by atoms with E-state index >= 15 is 0 Å². The van der Waals surface area contributed by atoms with Crippen LogP contribution >= 0.6 is 0 Å². The van der Waals surface area contributed by atoms with Gasteiger partial charge in [-0.1, -0.05) is 0 Å². The number of likely N-dealkylation sites (tertiary alicyclic amines) is 1. The largest absolute Gasteiger partial charge is 0.384 e. The Morgan fingerprint density at radius 1 is 1.43 bits per heavy atom. The third-order valence-electron chi connectivity index (χ3n) is 3.23. The zero-order chi connectivity index (χ0) is 10.2. The van der Waals surface area contributed by atoms with Gasteiger partial charge in [0, 0.05) is 25.0 Å². The van der Waals surface area contributed by atoms with Crippen molar-refractivity contribution in [3.8, 4) is 0 Å². The summed E-state index contributed by atoms with van der Waals surface area (Å²) in [6, 6.07) is 2.02. The number of aliphatic hydroxyl groups is 1. The summed E-state index contributed by atoms with van der Waals surface area (Å²) in [4.78, 5) is 5.42. The summed E-state index contributed by atoms with van der Waals surface area (Å²) in [6.45, 7) is 3.98. The molecule has 1 saturated heterocycles. The number of nitrogens with one attached hydrogen (secondary N) is 1. The number of H-pyrrole nitrogens is 1. The lowest BCUT2D eigenvalue weighted by Gasteiger charge is -2.36. The zero-order valence-corrected chi connectivity index (χ0v) is 8.88. The van der Waals surface area contributed by atoms with Crippen molar-refractivity contribution in [2.45, 2.75) is 25.4 Å². The first kappa shape index (κ1) is 9.74. The van der Waals surface area contributed by atoms with Gasteiger partial charge in [0.1, 0.15) is 5.60 Å². The summed E-state index contributed by atoms with van der Waals surface area (Å²) in [5.74, 6) is 0. The maximum atomic E-state index is 10.5. The van der Waals surface area contributed by atoms with Crippen LogP contribution in [0.1, 0.15) is 24.1 Å². The molecule has 14 heavy (non-hydrogen) atoms. The van der Waals surface area contributed by atoms with Gasteiger partial charge in [0.05, 0.1) is 0 Å². The molecule has 0 radical (unpaired) electrons. The standard InChI is InChI=1S/C11H18N2O/c1-9-3-6-12-10(9)11(14)4-7-13(2)8-5-11/h3,6,12,14H,4-5,7-8H2,1-2H3. The second-order valence-electron chi connectivity index (χ2n) is 4.37. The molecule has 1 aromatic rings.